The number of nitrogens with zero attached hydrogens (tertiary/aromatic N) is 1. The third kappa shape index (κ3) is 1.57. The summed E-state index contributed by atoms with van der Waals surface area (Å²) in [4.78, 5) is 4.57. The quantitative estimate of drug-likeness (QED) is 0.837. The summed E-state index contributed by atoms with van der Waals surface area (Å²) in [5, 5.41) is 4.32. The van der Waals surface area contributed by atoms with Gasteiger partial charge >= 0.3 is 0 Å². The number of aromatic nitrogens is 1. The molecule has 4 heteroatoms. The summed E-state index contributed by atoms with van der Waals surface area (Å²) < 4.78 is 13.4. The first-order valence-corrected chi connectivity index (χ1v) is 6.06. The van der Waals surface area contributed by atoms with Crippen LogP contribution in [0.1, 0.15) is 17.7 Å². The molecule has 1 aromatic carbocycles. The molecule has 0 saturated carbocycles. The fourth-order valence-electron chi connectivity index (χ4n) is 2.57. The van der Waals surface area contributed by atoms with Gasteiger partial charge in [-0.1, -0.05) is 11.6 Å². The predicted octanol–water partition coefficient (Wildman–Crippen LogP) is 3.56. The van der Waals surface area contributed by atoms with E-state index in [1.54, 1.807) is 0 Å². The summed E-state index contributed by atoms with van der Waals surface area (Å²) >= 11 is 6.06. The molecule has 0 atom stereocenters. The van der Waals surface area contributed by atoms with Gasteiger partial charge in [-0.2, -0.15) is 0 Å². The van der Waals surface area contributed by atoms with Crippen LogP contribution in [0.5, 0.6) is 0 Å². The van der Waals surface area contributed by atoms with Crippen LogP contribution in [0.2, 0.25) is 5.02 Å². The molecule has 2 nitrogen and oxygen atoms in total. The smallest absolute Gasteiger partial charge is 0.125 e. The summed E-state index contributed by atoms with van der Waals surface area (Å²) in [5.41, 5.74) is 3.97. The predicted molar refractivity (Wildman–Crippen MR) is 68.3 cm³/mol. The van der Waals surface area contributed by atoms with E-state index < -0.39 is 0 Å². The van der Waals surface area contributed by atoms with E-state index in [0.717, 1.165) is 36.0 Å². The Kier molecular flexibility index (Phi) is 2.44. The molecular formula is C13H12ClFN2. The second kappa shape index (κ2) is 3.84. The van der Waals surface area contributed by atoms with Gasteiger partial charge in [-0.05, 0) is 37.0 Å². The monoisotopic (exact) mass is 250 g/mol. The van der Waals surface area contributed by atoms with Crippen LogP contribution >= 0.6 is 11.6 Å². The van der Waals surface area contributed by atoms with E-state index in [2.05, 4.69) is 10.3 Å². The molecule has 1 aliphatic rings. The number of rotatable bonds is 1. The minimum atomic E-state index is -0.321. The molecule has 0 saturated heterocycles. The van der Waals surface area contributed by atoms with Crippen molar-refractivity contribution in [2.75, 3.05) is 12.4 Å². The number of aryl methyl sites for hydroxylation is 1. The van der Waals surface area contributed by atoms with E-state index in [-0.39, 0.29) is 5.82 Å². The zero-order chi connectivity index (χ0) is 12.0. The van der Waals surface area contributed by atoms with Gasteiger partial charge in [-0.3, -0.25) is 4.98 Å². The Morgan fingerprint density at radius 1 is 1.35 bits per heavy atom. The van der Waals surface area contributed by atoms with E-state index in [4.69, 9.17) is 11.6 Å². The maximum absolute atomic E-state index is 13.4. The number of hydrogen-bond acceptors (Lipinski definition) is 2. The number of hydrogen-bond donors (Lipinski definition) is 1. The summed E-state index contributed by atoms with van der Waals surface area (Å²) in [6.07, 6.45) is 3.09. The van der Waals surface area contributed by atoms with Gasteiger partial charge in [-0.25, -0.2) is 4.39 Å². The maximum Gasteiger partial charge on any atom is 0.125 e. The van der Waals surface area contributed by atoms with Crippen LogP contribution in [0.25, 0.3) is 10.9 Å². The van der Waals surface area contributed by atoms with Crippen molar-refractivity contribution in [1.29, 1.82) is 0 Å². The second-order valence-electron chi connectivity index (χ2n) is 4.30. The lowest BCUT2D eigenvalue weighted by molar-refractivity contribution is 0.629. The van der Waals surface area contributed by atoms with Crippen molar-refractivity contribution in [2.45, 2.75) is 19.3 Å². The molecule has 88 valence electrons. The summed E-state index contributed by atoms with van der Waals surface area (Å²) in [6.45, 7) is 0. The van der Waals surface area contributed by atoms with Crippen LogP contribution in [0.4, 0.5) is 10.1 Å². The number of benzene rings is 1. The van der Waals surface area contributed by atoms with E-state index in [9.17, 15) is 4.39 Å². The average Bonchev–Trinajstić information content (AvgIpc) is 2.74. The van der Waals surface area contributed by atoms with Crippen LogP contribution in [-0.4, -0.2) is 12.0 Å². The van der Waals surface area contributed by atoms with E-state index in [0.29, 0.717) is 10.5 Å². The van der Waals surface area contributed by atoms with Gasteiger partial charge < -0.3 is 5.32 Å². The minimum absolute atomic E-state index is 0.321. The average molecular weight is 251 g/mol. The lowest BCUT2D eigenvalue weighted by Gasteiger charge is -2.12. The van der Waals surface area contributed by atoms with Crippen LogP contribution in [0.3, 0.4) is 0 Å². The Bertz CT molecular complexity index is 610. The van der Waals surface area contributed by atoms with Crippen molar-refractivity contribution in [3.8, 4) is 0 Å². The molecule has 3 rings (SSSR count). The highest BCUT2D eigenvalue weighted by Gasteiger charge is 2.20. The Morgan fingerprint density at radius 3 is 2.94 bits per heavy atom. The fraction of sp³-hybridized carbons (Fsp3) is 0.308. The number of nitrogens with one attached hydrogen (secondary N) is 1. The standard InChI is InChI=1S/C13H12ClFN2/c1-16-12-8-3-2-4-11(8)17-13-9(12)5-7(15)6-10(13)14/h5-6H,2-4H2,1H3,(H,16,17). The third-order valence-corrected chi connectivity index (χ3v) is 3.57. The highest BCUT2D eigenvalue weighted by atomic mass is 35.5. The fourth-order valence-corrected chi connectivity index (χ4v) is 2.82. The van der Waals surface area contributed by atoms with Gasteiger partial charge in [0.2, 0.25) is 0 Å². The first-order valence-electron chi connectivity index (χ1n) is 5.69. The van der Waals surface area contributed by atoms with Crippen LogP contribution in [0.15, 0.2) is 12.1 Å². The zero-order valence-electron chi connectivity index (χ0n) is 9.48. The minimum Gasteiger partial charge on any atom is -0.387 e. The molecular weight excluding hydrogens is 239 g/mol. The number of fused-ring (bicyclic) bond motifs is 2. The number of pyridine rings is 1. The summed E-state index contributed by atoms with van der Waals surface area (Å²) in [6, 6.07) is 2.82. The summed E-state index contributed by atoms with van der Waals surface area (Å²) in [7, 11) is 1.85. The molecule has 1 heterocycles. The first-order chi connectivity index (χ1) is 8.20. The van der Waals surface area contributed by atoms with Crippen LogP contribution < -0.4 is 5.32 Å². The first kappa shape index (κ1) is 10.8. The van der Waals surface area contributed by atoms with Gasteiger partial charge in [0.25, 0.3) is 0 Å². The molecule has 0 fully saturated rings. The van der Waals surface area contributed by atoms with Crippen molar-refractivity contribution in [1.82, 2.24) is 4.98 Å². The lowest BCUT2D eigenvalue weighted by atomic mass is 10.1. The molecule has 17 heavy (non-hydrogen) atoms. The van der Waals surface area contributed by atoms with Crippen LogP contribution in [0, 0.1) is 5.82 Å². The second-order valence-corrected chi connectivity index (χ2v) is 4.71. The maximum atomic E-state index is 13.4. The Hall–Kier alpha value is -1.35. The highest BCUT2D eigenvalue weighted by molar-refractivity contribution is 6.35. The lowest BCUT2D eigenvalue weighted by Crippen LogP contribution is -2.00. The molecule has 0 unspecified atom stereocenters. The van der Waals surface area contributed by atoms with Crippen LogP contribution in [-0.2, 0) is 12.8 Å². The molecule has 1 aliphatic carbocycles. The SMILES string of the molecule is CNc1c2c(nc3c(Cl)cc(F)cc13)CCC2. The third-order valence-electron chi connectivity index (χ3n) is 3.28. The van der Waals surface area contributed by atoms with Gasteiger partial charge in [0.1, 0.15) is 5.82 Å². The number of anilines is 1. The molecule has 0 aliphatic heterocycles. The molecule has 1 aromatic heterocycles. The van der Waals surface area contributed by atoms with Crippen molar-refractivity contribution in [3.63, 3.8) is 0 Å². The molecule has 0 amide bonds. The van der Waals surface area contributed by atoms with Gasteiger partial charge in [-0.15, -0.1) is 0 Å². The highest BCUT2D eigenvalue weighted by Crippen LogP contribution is 2.36. The Balaban J connectivity index is 2.45. The van der Waals surface area contributed by atoms with E-state index in [1.165, 1.54) is 17.7 Å². The number of halogens is 2. The normalized spacial score (nSPS) is 14.1. The van der Waals surface area contributed by atoms with Crippen molar-refractivity contribution < 1.29 is 4.39 Å². The van der Waals surface area contributed by atoms with Crippen molar-refractivity contribution in [3.05, 3.63) is 34.2 Å². The molecule has 0 spiro atoms. The van der Waals surface area contributed by atoms with Gasteiger partial charge in [0, 0.05) is 23.8 Å². The zero-order valence-corrected chi connectivity index (χ0v) is 10.2. The molecule has 2 aromatic rings. The molecule has 0 radical (unpaired) electrons. The summed E-state index contributed by atoms with van der Waals surface area (Å²) in [5.74, 6) is -0.321. The van der Waals surface area contributed by atoms with E-state index >= 15 is 0 Å². The molecule has 0 bridgehead atoms. The van der Waals surface area contributed by atoms with Crippen molar-refractivity contribution >= 4 is 28.2 Å². The Labute approximate surface area is 104 Å². The molecule has 1 N–H and O–H groups in total. The largest absolute Gasteiger partial charge is 0.387 e. The topological polar surface area (TPSA) is 24.9 Å². The van der Waals surface area contributed by atoms with Gasteiger partial charge in [0.05, 0.1) is 10.5 Å². The Morgan fingerprint density at radius 2 is 2.18 bits per heavy atom. The van der Waals surface area contributed by atoms with E-state index in [1.807, 2.05) is 7.05 Å². The van der Waals surface area contributed by atoms with Crippen molar-refractivity contribution in [2.24, 2.45) is 0 Å². The van der Waals surface area contributed by atoms with Gasteiger partial charge in [0.15, 0.2) is 0 Å².